The lowest BCUT2D eigenvalue weighted by atomic mass is 10.1. The molecule has 1 aliphatic heterocycles. The first kappa shape index (κ1) is 13.5. The number of benzene rings is 1. The molecule has 3 nitrogen and oxygen atoms in total. The number of fused-ring (bicyclic) bond motifs is 1. The molecule has 104 valence electrons. The summed E-state index contributed by atoms with van der Waals surface area (Å²) >= 11 is 6.06. The molecule has 0 spiro atoms. The Bertz CT molecular complexity index is 638. The molecule has 5 heteroatoms. The van der Waals surface area contributed by atoms with Gasteiger partial charge in [0.1, 0.15) is 11.6 Å². The van der Waals surface area contributed by atoms with Crippen molar-refractivity contribution in [2.75, 3.05) is 0 Å². The predicted molar refractivity (Wildman–Crippen MR) is 76.2 cm³/mol. The Balaban J connectivity index is 1.99. The molecule has 1 aromatic heterocycles. The van der Waals surface area contributed by atoms with Crippen LogP contribution in [-0.2, 0) is 25.9 Å². The maximum atomic E-state index is 13.8. The summed E-state index contributed by atoms with van der Waals surface area (Å²) in [6, 6.07) is 4.71. The van der Waals surface area contributed by atoms with Gasteiger partial charge in [0.05, 0.1) is 5.69 Å². The molecule has 0 fully saturated rings. The minimum absolute atomic E-state index is 0.308. The fourth-order valence-electron chi connectivity index (χ4n) is 2.53. The third kappa shape index (κ3) is 2.41. The highest BCUT2D eigenvalue weighted by Crippen LogP contribution is 2.23. The number of hydrogen-bond acceptors (Lipinski definition) is 3. The summed E-state index contributed by atoms with van der Waals surface area (Å²) in [6.07, 6.45) is 1.18. The molecule has 0 aliphatic carbocycles. The van der Waals surface area contributed by atoms with Gasteiger partial charge in [0.15, 0.2) is 0 Å². The second kappa shape index (κ2) is 5.46. The van der Waals surface area contributed by atoms with E-state index in [0.717, 1.165) is 30.9 Å². The molecule has 0 unspecified atom stereocenters. The van der Waals surface area contributed by atoms with Gasteiger partial charge in [-0.05, 0) is 18.6 Å². The van der Waals surface area contributed by atoms with Gasteiger partial charge in [-0.1, -0.05) is 24.6 Å². The molecule has 1 N–H and O–H groups in total. The third-order valence-corrected chi connectivity index (χ3v) is 3.90. The Hall–Kier alpha value is -1.52. The molecule has 0 amide bonds. The lowest BCUT2D eigenvalue weighted by molar-refractivity contribution is 0.611. The van der Waals surface area contributed by atoms with E-state index in [-0.39, 0.29) is 5.82 Å². The zero-order valence-corrected chi connectivity index (χ0v) is 12.0. The molecule has 3 rings (SSSR count). The number of rotatable bonds is 3. The summed E-state index contributed by atoms with van der Waals surface area (Å²) < 4.78 is 13.8. The van der Waals surface area contributed by atoms with Gasteiger partial charge in [0.25, 0.3) is 0 Å². The number of aryl methyl sites for hydroxylation is 1. The van der Waals surface area contributed by atoms with Crippen molar-refractivity contribution in [1.82, 2.24) is 15.3 Å². The predicted octanol–water partition coefficient (Wildman–Crippen LogP) is 3.03. The molecule has 20 heavy (non-hydrogen) atoms. The topological polar surface area (TPSA) is 37.8 Å². The van der Waals surface area contributed by atoms with Gasteiger partial charge >= 0.3 is 0 Å². The number of hydrogen-bond donors (Lipinski definition) is 1. The molecule has 0 bridgehead atoms. The van der Waals surface area contributed by atoms with Crippen LogP contribution in [0.1, 0.15) is 35.3 Å². The molecular weight excluding hydrogens is 277 g/mol. The Morgan fingerprint density at radius 3 is 2.90 bits per heavy atom. The lowest BCUT2D eigenvalue weighted by Gasteiger charge is -2.09. The van der Waals surface area contributed by atoms with Gasteiger partial charge in [-0.3, -0.25) is 0 Å². The van der Waals surface area contributed by atoms with Gasteiger partial charge in [0.2, 0.25) is 0 Å². The Labute approximate surface area is 122 Å². The summed E-state index contributed by atoms with van der Waals surface area (Å²) in [5, 5.41) is 3.70. The normalized spacial score (nSPS) is 13.6. The van der Waals surface area contributed by atoms with Crippen molar-refractivity contribution in [1.29, 1.82) is 0 Å². The van der Waals surface area contributed by atoms with E-state index < -0.39 is 0 Å². The van der Waals surface area contributed by atoms with Crippen LogP contribution in [0.5, 0.6) is 0 Å². The molecule has 0 atom stereocenters. The standard InChI is InChI=1S/C15H15ClFN3/c1-2-13-10-7-18-8-14(10)20-15(19-13)6-9-11(16)4-3-5-12(9)17/h3-5,18H,2,6-8H2,1H3. The molecule has 0 saturated carbocycles. The highest BCUT2D eigenvalue weighted by atomic mass is 35.5. The molecule has 2 heterocycles. The largest absolute Gasteiger partial charge is 0.307 e. The molecular formula is C15H15ClFN3. The minimum Gasteiger partial charge on any atom is -0.307 e. The van der Waals surface area contributed by atoms with Crippen LogP contribution in [-0.4, -0.2) is 9.97 Å². The zero-order chi connectivity index (χ0) is 14.1. The Kier molecular flexibility index (Phi) is 3.68. The highest BCUT2D eigenvalue weighted by molar-refractivity contribution is 6.31. The Morgan fingerprint density at radius 1 is 1.30 bits per heavy atom. The van der Waals surface area contributed by atoms with E-state index in [4.69, 9.17) is 11.6 Å². The third-order valence-electron chi connectivity index (χ3n) is 3.55. The van der Waals surface area contributed by atoms with Gasteiger partial charge < -0.3 is 5.32 Å². The van der Waals surface area contributed by atoms with Gasteiger partial charge in [-0.2, -0.15) is 0 Å². The maximum absolute atomic E-state index is 13.8. The summed E-state index contributed by atoms with van der Waals surface area (Å²) in [6.45, 7) is 3.64. The lowest BCUT2D eigenvalue weighted by Crippen LogP contribution is -2.07. The van der Waals surface area contributed by atoms with E-state index in [2.05, 4.69) is 22.2 Å². The maximum Gasteiger partial charge on any atom is 0.133 e. The monoisotopic (exact) mass is 291 g/mol. The van der Waals surface area contributed by atoms with Crippen LogP contribution in [0.4, 0.5) is 4.39 Å². The van der Waals surface area contributed by atoms with Crippen LogP contribution >= 0.6 is 11.6 Å². The summed E-state index contributed by atoms with van der Waals surface area (Å²) in [5.74, 6) is 0.328. The first-order chi connectivity index (χ1) is 9.69. The fraction of sp³-hybridized carbons (Fsp3) is 0.333. The highest BCUT2D eigenvalue weighted by Gasteiger charge is 2.19. The second-order valence-electron chi connectivity index (χ2n) is 4.85. The van der Waals surface area contributed by atoms with E-state index in [1.54, 1.807) is 12.1 Å². The van der Waals surface area contributed by atoms with E-state index in [1.807, 2.05) is 0 Å². The zero-order valence-electron chi connectivity index (χ0n) is 11.2. The average Bonchev–Trinajstić information content (AvgIpc) is 2.90. The minimum atomic E-state index is -0.308. The average molecular weight is 292 g/mol. The van der Waals surface area contributed by atoms with E-state index >= 15 is 0 Å². The molecule has 1 aromatic carbocycles. The summed E-state index contributed by atoms with van der Waals surface area (Å²) in [7, 11) is 0. The summed E-state index contributed by atoms with van der Waals surface area (Å²) in [5.41, 5.74) is 3.72. The quantitative estimate of drug-likeness (QED) is 0.944. The van der Waals surface area contributed by atoms with Crippen LogP contribution in [0.25, 0.3) is 0 Å². The van der Waals surface area contributed by atoms with Crippen molar-refractivity contribution in [3.8, 4) is 0 Å². The van der Waals surface area contributed by atoms with E-state index in [0.29, 0.717) is 22.8 Å². The molecule has 1 aliphatic rings. The first-order valence-electron chi connectivity index (χ1n) is 6.70. The molecule has 2 aromatic rings. The van der Waals surface area contributed by atoms with Crippen molar-refractivity contribution in [3.63, 3.8) is 0 Å². The van der Waals surface area contributed by atoms with Gasteiger partial charge in [0, 0.05) is 41.4 Å². The van der Waals surface area contributed by atoms with Crippen LogP contribution in [0.3, 0.4) is 0 Å². The van der Waals surface area contributed by atoms with Crippen LogP contribution in [0.2, 0.25) is 5.02 Å². The summed E-state index contributed by atoms with van der Waals surface area (Å²) in [4.78, 5) is 9.10. The van der Waals surface area contributed by atoms with E-state index in [9.17, 15) is 4.39 Å². The van der Waals surface area contributed by atoms with Crippen LogP contribution in [0.15, 0.2) is 18.2 Å². The molecule has 0 radical (unpaired) electrons. The van der Waals surface area contributed by atoms with Gasteiger partial charge in [-0.25, -0.2) is 14.4 Å². The number of nitrogens with one attached hydrogen (secondary N) is 1. The van der Waals surface area contributed by atoms with Crippen molar-refractivity contribution < 1.29 is 4.39 Å². The van der Waals surface area contributed by atoms with Crippen molar-refractivity contribution in [3.05, 3.63) is 57.4 Å². The second-order valence-corrected chi connectivity index (χ2v) is 5.25. The van der Waals surface area contributed by atoms with Crippen LogP contribution in [0, 0.1) is 5.82 Å². The Morgan fingerprint density at radius 2 is 2.15 bits per heavy atom. The van der Waals surface area contributed by atoms with E-state index in [1.165, 1.54) is 11.6 Å². The van der Waals surface area contributed by atoms with Crippen molar-refractivity contribution in [2.45, 2.75) is 32.9 Å². The number of aromatic nitrogens is 2. The smallest absolute Gasteiger partial charge is 0.133 e. The number of nitrogens with zero attached hydrogens (tertiary/aromatic N) is 2. The van der Waals surface area contributed by atoms with Crippen molar-refractivity contribution >= 4 is 11.6 Å². The van der Waals surface area contributed by atoms with Crippen LogP contribution < -0.4 is 5.32 Å². The fourth-order valence-corrected chi connectivity index (χ4v) is 2.75. The molecule has 0 saturated heterocycles. The number of halogens is 2. The van der Waals surface area contributed by atoms with Crippen molar-refractivity contribution in [2.24, 2.45) is 0 Å². The van der Waals surface area contributed by atoms with Gasteiger partial charge in [-0.15, -0.1) is 0 Å². The first-order valence-corrected chi connectivity index (χ1v) is 7.08. The SMILES string of the molecule is CCc1nc(Cc2c(F)cccc2Cl)nc2c1CNC2.